The van der Waals surface area contributed by atoms with Crippen molar-refractivity contribution in [2.24, 2.45) is 5.73 Å². The van der Waals surface area contributed by atoms with E-state index in [1.54, 1.807) is 0 Å². The van der Waals surface area contributed by atoms with Crippen molar-refractivity contribution in [3.63, 3.8) is 0 Å². The van der Waals surface area contributed by atoms with Crippen molar-refractivity contribution in [1.82, 2.24) is 5.32 Å². The number of hydrogen-bond acceptors (Lipinski definition) is 3. The fraction of sp³-hybridized carbons (Fsp3) is 0.857. The molecule has 4 N–H and O–H groups in total. The maximum Gasteiger partial charge on any atom is 0.247 e. The Morgan fingerprint density at radius 3 is 2.64 bits per heavy atom. The number of rotatable bonds is 5. The fourth-order valence-corrected chi connectivity index (χ4v) is 0.558. The highest BCUT2D eigenvalue weighted by atomic mass is 16.3. The third-order valence-electron chi connectivity index (χ3n) is 1.60. The van der Waals surface area contributed by atoms with Gasteiger partial charge in [0.15, 0.2) is 0 Å². The number of primary amides is 1. The fourth-order valence-electron chi connectivity index (χ4n) is 0.558. The summed E-state index contributed by atoms with van der Waals surface area (Å²) >= 11 is 0. The van der Waals surface area contributed by atoms with Gasteiger partial charge in [0.2, 0.25) is 5.91 Å². The predicted octanol–water partition coefficient (Wildman–Crippen LogP) is -0.779. The zero-order valence-corrected chi connectivity index (χ0v) is 7.00. The van der Waals surface area contributed by atoms with Gasteiger partial charge >= 0.3 is 0 Å². The lowest BCUT2D eigenvalue weighted by Crippen LogP contribution is -2.40. The molecular formula is C7H16N2O2. The van der Waals surface area contributed by atoms with Crippen LogP contribution in [0.5, 0.6) is 0 Å². The quantitative estimate of drug-likeness (QED) is 0.494. The predicted molar refractivity (Wildman–Crippen MR) is 43.0 cm³/mol. The highest BCUT2D eigenvalue weighted by Crippen LogP contribution is 1.87. The van der Waals surface area contributed by atoms with Crippen molar-refractivity contribution in [3.05, 3.63) is 0 Å². The van der Waals surface area contributed by atoms with Crippen LogP contribution in [-0.4, -0.2) is 29.7 Å². The minimum Gasteiger partial charge on any atom is -0.382 e. The summed E-state index contributed by atoms with van der Waals surface area (Å²) < 4.78 is 0. The lowest BCUT2D eigenvalue weighted by molar-refractivity contribution is -0.125. The van der Waals surface area contributed by atoms with Crippen LogP contribution in [0.25, 0.3) is 0 Å². The van der Waals surface area contributed by atoms with Gasteiger partial charge in [-0.25, -0.2) is 0 Å². The van der Waals surface area contributed by atoms with E-state index in [0.717, 1.165) is 6.42 Å². The first-order valence-electron chi connectivity index (χ1n) is 3.78. The van der Waals surface area contributed by atoms with E-state index in [1.165, 1.54) is 0 Å². The molecule has 1 amide bonds. The molecule has 0 aromatic heterocycles. The van der Waals surface area contributed by atoms with Gasteiger partial charge in [-0.1, -0.05) is 6.92 Å². The van der Waals surface area contributed by atoms with E-state index in [-0.39, 0.29) is 6.54 Å². The van der Waals surface area contributed by atoms with Crippen molar-refractivity contribution in [2.75, 3.05) is 6.54 Å². The SMILES string of the molecule is CCC(C)NCC(O)C(N)=O. The van der Waals surface area contributed by atoms with Gasteiger partial charge in [-0.15, -0.1) is 0 Å². The van der Waals surface area contributed by atoms with Crippen molar-refractivity contribution < 1.29 is 9.90 Å². The summed E-state index contributed by atoms with van der Waals surface area (Å²) in [4.78, 5) is 10.3. The van der Waals surface area contributed by atoms with Crippen LogP contribution in [0.1, 0.15) is 20.3 Å². The second kappa shape index (κ2) is 5.09. The standard InChI is InChI=1S/C7H16N2O2/c1-3-5(2)9-4-6(10)7(8)11/h5-6,9-10H,3-4H2,1-2H3,(H2,8,11). The van der Waals surface area contributed by atoms with E-state index >= 15 is 0 Å². The third kappa shape index (κ3) is 4.75. The average molecular weight is 160 g/mol. The Kier molecular flexibility index (Phi) is 4.81. The van der Waals surface area contributed by atoms with Gasteiger partial charge in [-0.05, 0) is 13.3 Å². The summed E-state index contributed by atoms with van der Waals surface area (Å²) in [6.45, 7) is 4.24. The number of aliphatic hydroxyl groups is 1. The van der Waals surface area contributed by atoms with Crippen LogP contribution >= 0.6 is 0 Å². The van der Waals surface area contributed by atoms with Gasteiger partial charge in [-0.2, -0.15) is 0 Å². The first kappa shape index (κ1) is 10.4. The van der Waals surface area contributed by atoms with Gasteiger partial charge in [-0.3, -0.25) is 4.79 Å². The molecule has 0 aliphatic rings. The molecule has 0 rings (SSSR count). The number of carbonyl (C=O) groups excluding carboxylic acids is 1. The molecule has 0 saturated carbocycles. The third-order valence-corrected chi connectivity index (χ3v) is 1.60. The topological polar surface area (TPSA) is 75.3 Å². The number of nitrogens with two attached hydrogens (primary N) is 1. The summed E-state index contributed by atoms with van der Waals surface area (Å²) in [7, 11) is 0. The van der Waals surface area contributed by atoms with E-state index in [0.29, 0.717) is 6.04 Å². The van der Waals surface area contributed by atoms with Crippen LogP contribution in [0.2, 0.25) is 0 Å². The maximum absolute atomic E-state index is 10.3. The van der Waals surface area contributed by atoms with E-state index in [9.17, 15) is 4.79 Å². The lowest BCUT2D eigenvalue weighted by Gasteiger charge is -2.12. The number of amides is 1. The molecule has 0 radical (unpaired) electrons. The van der Waals surface area contributed by atoms with Crippen LogP contribution in [0, 0.1) is 0 Å². The molecule has 0 aromatic carbocycles. The Labute approximate surface area is 66.8 Å². The van der Waals surface area contributed by atoms with Crippen molar-refractivity contribution in [1.29, 1.82) is 0 Å². The van der Waals surface area contributed by atoms with Crippen molar-refractivity contribution in [3.8, 4) is 0 Å². The smallest absolute Gasteiger partial charge is 0.247 e. The molecule has 0 heterocycles. The summed E-state index contributed by atoms with van der Waals surface area (Å²) in [6, 6.07) is 0.309. The summed E-state index contributed by atoms with van der Waals surface area (Å²) in [5, 5.41) is 11.9. The van der Waals surface area contributed by atoms with E-state index in [1.807, 2.05) is 13.8 Å². The van der Waals surface area contributed by atoms with Crippen molar-refractivity contribution in [2.45, 2.75) is 32.4 Å². The van der Waals surface area contributed by atoms with Gasteiger partial charge < -0.3 is 16.2 Å². The molecule has 66 valence electrons. The number of aliphatic hydroxyl groups excluding tert-OH is 1. The second-order valence-corrected chi connectivity index (χ2v) is 2.64. The summed E-state index contributed by atoms with van der Waals surface area (Å²) in [5.74, 6) is -0.680. The number of nitrogens with one attached hydrogen (secondary N) is 1. The molecule has 11 heavy (non-hydrogen) atoms. The zero-order chi connectivity index (χ0) is 8.85. The van der Waals surface area contributed by atoms with Gasteiger partial charge in [0.1, 0.15) is 6.10 Å². The molecule has 0 aliphatic carbocycles. The molecule has 4 heteroatoms. The molecule has 0 saturated heterocycles. The molecule has 0 aromatic rings. The first-order chi connectivity index (χ1) is 5.07. The van der Waals surface area contributed by atoms with E-state index in [2.05, 4.69) is 5.32 Å². The van der Waals surface area contributed by atoms with Gasteiger partial charge in [0, 0.05) is 12.6 Å². The Balaban J connectivity index is 3.45. The lowest BCUT2D eigenvalue weighted by atomic mass is 10.2. The van der Waals surface area contributed by atoms with Crippen molar-refractivity contribution >= 4 is 5.91 Å². The highest BCUT2D eigenvalue weighted by molar-refractivity contribution is 5.78. The van der Waals surface area contributed by atoms with Crippen LogP contribution in [0.4, 0.5) is 0 Å². The Hall–Kier alpha value is -0.610. The van der Waals surface area contributed by atoms with Crippen LogP contribution in [0.3, 0.4) is 0 Å². The molecular weight excluding hydrogens is 144 g/mol. The molecule has 0 fully saturated rings. The molecule has 0 bridgehead atoms. The number of carbonyl (C=O) groups is 1. The van der Waals surface area contributed by atoms with E-state index in [4.69, 9.17) is 10.8 Å². The maximum atomic E-state index is 10.3. The first-order valence-corrected chi connectivity index (χ1v) is 3.78. The van der Waals surface area contributed by atoms with Crippen LogP contribution in [0.15, 0.2) is 0 Å². The molecule has 4 nitrogen and oxygen atoms in total. The van der Waals surface area contributed by atoms with Crippen LogP contribution < -0.4 is 11.1 Å². The average Bonchev–Trinajstić information content (AvgIpc) is 1.99. The Bertz CT molecular complexity index is 128. The second-order valence-electron chi connectivity index (χ2n) is 2.64. The largest absolute Gasteiger partial charge is 0.382 e. The Morgan fingerprint density at radius 1 is 1.73 bits per heavy atom. The van der Waals surface area contributed by atoms with Gasteiger partial charge in [0.05, 0.1) is 0 Å². The summed E-state index contributed by atoms with van der Waals surface area (Å²) in [5.41, 5.74) is 4.83. The minimum absolute atomic E-state index is 0.240. The minimum atomic E-state index is -1.07. The molecule has 2 unspecified atom stereocenters. The molecule has 0 spiro atoms. The van der Waals surface area contributed by atoms with Gasteiger partial charge in [0.25, 0.3) is 0 Å². The van der Waals surface area contributed by atoms with E-state index < -0.39 is 12.0 Å². The number of hydrogen-bond donors (Lipinski definition) is 3. The highest BCUT2D eigenvalue weighted by Gasteiger charge is 2.10. The van der Waals surface area contributed by atoms with Crippen LogP contribution in [-0.2, 0) is 4.79 Å². The normalized spacial score (nSPS) is 15.9. The zero-order valence-electron chi connectivity index (χ0n) is 7.00. The summed E-state index contributed by atoms with van der Waals surface area (Å²) in [6.07, 6.45) is -0.102. The monoisotopic (exact) mass is 160 g/mol. The Morgan fingerprint density at radius 2 is 2.27 bits per heavy atom. The molecule has 2 atom stereocenters. The molecule has 0 aliphatic heterocycles.